The van der Waals surface area contributed by atoms with Crippen LogP contribution in [-0.4, -0.2) is 49.8 Å². The number of hydrogen-bond acceptors (Lipinski definition) is 3. The van der Waals surface area contributed by atoms with Crippen molar-refractivity contribution in [2.45, 2.75) is 63.6 Å². The smallest absolute Gasteiger partial charge is 0.0586 e. The average molecular weight is 240 g/mol. The number of rotatable bonds is 5. The van der Waals surface area contributed by atoms with Crippen LogP contribution in [0.4, 0.5) is 0 Å². The Morgan fingerprint density at radius 2 is 1.94 bits per heavy atom. The lowest BCUT2D eigenvalue weighted by atomic mass is 10.0. The lowest BCUT2D eigenvalue weighted by Gasteiger charge is -2.36. The van der Waals surface area contributed by atoms with Crippen LogP contribution in [0, 0.1) is 0 Å². The maximum Gasteiger partial charge on any atom is 0.0586 e. The second kappa shape index (κ2) is 6.72. The van der Waals surface area contributed by atoms with E-state index in [0.717, 1.165) is 12.1 Å². The first-order valence-electron chi connectivity index (χ1n) is 7.33. The summed E-state index contributed by atoms with van der Waals surface area (Å²) >= 11 is 0. The average Bonchev–Trinajstić information content (AvgIpc) is 2.86. The molecular weight excluding hydrogens is 212 g/mol. The van der Waals surface area contributed by atoms with Crippen molar-refractivity contribution in [3.05, 3.63) is 0 Å². The number of likely N-dealkylation sites (tertiary alicyclic amines) is 1. The van der Waals surface area contributed by atoms with Gasteiger partial charge in [-0.1, -0.05) is 6.92 Å². The molecule has 1 saturated carbocycles. The SMILES string of the molecule is CCCNC1CCN(C2CCC(OC)C2)CC1. The van der Waals surface area contributed by atoms with Crippen molar-refractivity contribution in [2.75, 3.05) is 26.7 Å². The van der Waals surface area contributed by atoms with E-state index in [-0.39, 0.29) is 0 Å². The maximum atomic E-state index is 5.47. The lowest BCUT2D eigenvalue weighted by molar-refractivity contribution is 0.0895. The first-order chi connectivity index (χ1) is 8.33. The topological polar surface area (TPSA) is 24.5 Å². The number of nitrogens with zero attached hydrogens (tertiary/aromatic N) is 1. The summed E-state index contributed by atoms with van der Waals surface area (Å²) in [5, 5.41) is 3.65. The summed E-state index contributed by atoms with van der Waals surface area (Å²) in [6.45, 7) is 5.98. The third-order valence-electron chi connectivity index (χ3n) is 4.42. The van der Waals surface area contributed by atoms with Crippen LogP contribution >= 0.6 is 0 Å². The summed E-state index contributed by atoms with van der Waals surface area (Å²) in [6.07, 6.45) is 8.28. The molecule has 2 aliphatic rings. The summed E-state index contributed by atoms with van der Waals surface area (Å²) in [4.78, 5) is 2.70. The first-order valence-corrected chi connectivity index (χ1v) is 7.33. The molecule has 1 heterocycles. The molecule has 0 aromatic carbocycles. The molecule has 0 amide bonds. The normalized spacial score (nSPS) is 32.1. The van der Waals surface area contributed by atoms with Gasteiger partial charge in [0.15, 0.2) is 0 Å². The Bertz CT molecular complexity index is 214. The van der Waals surface area contributed by atoms with E-state index >= 15 is 0 Å². The second-order valence-corrected chi connectivity index (χ2v) is 5.59. The molecule has 3 nitrogen and oxygen atoms in total. The van der Waals surface area contributed by atoms with Gasteiger partial charge in [-0.2, -0.15) is 0 Å². The fourth-order valence-corrected chi connectivity index (χ4v) is 3.28. The van der Waals surface area contributed by atoms with E-state index in [4.69, 9.17) is 4.74 Å². The molecule has 2 rings (SSSR count). The van der Waals surface area contributed by atoms with Gasteiger partial charge < -0.3 is 15.0 Å². The van der Waals surface area contributed by atoms with Crippen LogP contribution < -0.4 is 5.32 Å². The monoisotopic (exact) mass is 240 g/mol. The van der Waals surface area contributed by atoms with Gasteiger partial charge in [0, 0.05) is 19.2 Å². The van der Waals surface area contributed by atoms with Crippen LogP contribution in [0.5, 0.6) is 0 Å². The van der Waals surface area contributed by atoms with E-state index in [1.807, 2.05) is 7.11 Å². The summed E-state index contributed by atoms with van der Waals surface area (Å²) in [5.41, 5.74) is 0. The summed E-state index contributed by atoms with van der Waals surface area (Å²) < 4.78 is 5.47. The Balaban J connectivity index is 1.68. The van der Waals surface area contributed by atoms with Gasteiger partial charge in [-0.3, -0.25) is 0 Å². The highest BCUT2D eigenvalue weighted by Gasteiger charge is 2.31. The van der Waals surface area contributed by atoms with Gasteiger partial charge in [-0.15, -0.1) is 0 Å². The molecule has 1 saturated heterocycles. The first kappa shape index (κ1) is 13.3. The molecule has 2 fully saturated rings. The second-order valence-electron chi connectivity index (χ2n) is 5.59. The zero-order valence-corrected chi connectivity index (χ0v) is 11.5. The predicted octanol–water partition coefficient (Wildman–Crippen LogP) is 2.02. The molecule has 0 aromatic rings. The number of hydrogen-bond donors (Lipinski definition) is 1. The Kier molecular flexibility index (Phi) is 5.26. The fraction of sp³-hybridized carbons (Fsp3) is 1.00. The summed E-state index contributed by atoms with van der Waals surface area (Å²) in [7, 11) is 1.86. The van der Waals surface area contributed by atoms with Crippen molar-refractivity contribution in [3.8, 4) is 0 Å². The van der Waals surface area contributed by atoms with Crippen LogP contribution in [0.15, 0.2) is 0 Å². The van der Waals surface area contributed by atoms with Crippen molar-refractivity contribution < 1.29 is 4.74 Å². The van der Waals surface area contributed by atoms with Crippen molar-refractivity contribution in [2.24, 2.45) is 0 Å². The number of piperidine rings is 1. The van der Waals surface area contributed by atoms with Gasteiger partial charge in [0.05, 0.1) is 6.10 Å². The van der Waals surface area contributed by atoms with E-state index in [0.29, 0.717) is 6.10 Å². The molecule has 0 aromatic heterocycles. The molecule has 2 unspecified atom stereocenters. The van der Waals surface area contributed by atoms with Gasteiger partial charge in [-0.05, 0) is 58.2 Å². The van der Waals surface area contributed by atoms with Crippen molar-refractivity contribution in [3.63, 3.8) is 0 Å². The fourth-order valence-electron chi connectivity index (χ4n) is 3.28. The summed E-state index contributed by atoms with van der Waals surface area (Å²) in [6, 6.07) is 1.57. The molecule has 17 heavy (non-hydrogen) atoms. The molecular formula is C14H28N2O. The van der Waals surface area contributed by atoms with Gasteiger partial charge >= 0.3 is 0 Å². The molecule has 1 aliphatic heterocycles. The Labute approximate surface area is 106 Å². The van der Waals surface area contributed by atoms with E-state index in [1.165, 1.54) is 58.2 Å². The quantitative estimate of drug-likeness (QED) is 0.795. The highest BCUT2D eigenvalue weighted by molar-refractivity contribution is 4.87. The third-order valence-corrected chi connectivity index (χ3v) is 4.42. The lowest BCUT2D eigenvalue weighted by Crippen LogP contribution is -2.46. The van der Waals surface area contributed by atoms with Gasteiger partial charge in [0.1, 0.15) is 0 Å². The minimum absolute atomic E-state index is 0.524. The minimum Gasteiger partial charge on any atom is -0.381 e. The Morgan fingerprint density at radius 3 is 2.53 bits per heavy atom. The maximum absolute atomic E-state index is 5.47. The largest absolute Gasteiger partial charge is 0.381 e. The van der Waals surface area contributed by atoms with E-state index in [9.17, 15) is 0 Å². The van der Waals surface area contributed by atoms with E-state index in [2.05, 4.69) is 17.1 Å². The number of ether oxygens (including phenoxy) is 1. The highest BCUT2D eigenvalue weighted by Crippen LogP contribution is 2.28. The van der Waals surface area contributed by atoms with Crippen LogP contribution in [0.2, 0.25) is 0 Å². The van der Waals surface area contributed by atoms with Gasteiger partial charge in [0.25, 0.3) is 0 Å². The molecule has 3 heteroatoms. The van der Waals surface area contributed by atoms with Crippen LogP contribution in [0.3, 0.4) is 0 Å². The van der Waals surface area contributed by atoms with Crippen molar-refractivity contribution in [1.29, 1.82) is 0 Å². The standard InChI is InChI=1S/C14H28N2O/c1-3-8-15-12-6-9-16(10-7-12)13-4-5-14(11-13)17-2/h12-15H,3-11H2,1-2H3. The van der Waals surface area contributed by atoms with Crippen LogP contribution in [0.25, 0.3) is 0 Å². The molecule has 2 atom stereocenters. The molecule has 1 N–H and O–H groups in total. The molecule has 1 aliphatic carbocycles. The number of nitrogens with one attached hydrogen (secondary N) is 1. The highest BCUT2D eigenvalue weighted by atomic mass is 16.5. The Morgan fingerprint density at radius 1 is 1.18 bits per heavy atom. The zero-order valence-electron chi connectivity index (χ0n) is 11.5. The predicted molar refractivity (Wildman–Crippen MR) is 71.3 cm³/mol. The van der Waals surface area contributed by atoms with E-state index in [1.54, 1.807) is 0 Å². The minimum atomic E-state index is 0.524. The van der Waals surface area contributed by atoms with Crippen molar-refractivity contribution in [1.82, 2.24) is 10.2 Å². The van der Waals surface area contributed by atoms with E-state index < -0.39 is 0 Å². The van der Waals surface area contributed by atoms with Crippen molar-refractivity contribution >= 4 is 0 Å². The van der Waals surface area contributed by atoms with Crippen LogP contribution in [-0.2, 0) is 4.74 Å². The summed E-state index contributed by atoms with van der Waals surface area (Å²) in [5.74, 6) is 0. The Hall–Kier alpha value is -0.120. The number of methoxy groups -OCH3 is 1. The zero-order chi connectivity index (χ0) is 12.1. The van der Waals surface area contributed by atoms with Gasteiger partial charge in [-0.25, -0.2) is 0 Å². The molecule has 0 bridgehead atoms. The molecule has 100 valence electrons. The van der Waals surface area contributed by atoms with Gasteiger partial charge in [0.2, 0.25) is 0 Å². The molecule has 0 spiro atoms. The third kappa shape index (κ3) is 3.67. The van der Waals surface area contributed by atoms with Crippen LogP contribution in [0.1, 0.15) is 45.4 Å². The molecule has 0 radical (unpaired) electrons.